The van der Waals surface area contributed by atoms with Crippen molar-refractivity contribution in [2.45, 2.75) is 64.4 Å². The van der Waals surface area contributed by atoms with Crippen LogP contribution >= 0.6 is 0 Å². The van der Waals surface area contributed by atoms with E-state index in [2.05, 4.69) is 39.7 Å². The summed E-state index contributed by atoms with van der Waals surface area (Å²) in [5.74, 6) is 3.58. The van der Waals surface area contributed by atoms with E-state index in [-0.39, 0.29) is 17.9 Å². The van der Waals surface area contributed by atoms with Crippen LogP contribution in [0.15, 0.2) is 18.2 Å². The molecule has 2 heterocycles. The van der Waals surface area contributed by atoms with Crippen molar-refractivity contribution in [1.82, 2.24) is 0 Å². The Balaban J connectivity index is 1.93. The number of nitrogens with zero attached hydrogens (tertiary/aromatic N) is 1. The molecule has 1 saturated heterocycles. The number of hydrogen-bond acceptors (Lipinski definition) is 4. The Bertz CT molecular complexity index is 653. The van der Waals surface area contributed by atoms with E-state index in [9.17, 15) is 0 Å². The second-order valence-corrected chi connectivity index (χ2v) is 7.95. The van der Waals surface area contributed by atoms with E-state index in [0.717, 1.165) is 24.0 Å². The average Bonchev–Trinajstić information content (AvgIpc) is 2.75. The fraction of sp³-hybridized carbons (Fsp3) is 0.611. The molecule has 0 aliphatic carbocycles. The molecular formula is C18H25B2NO3. The Morgan fingerprint density at radius 1 is 1.25 bits per heavy atom. The molecule has 24 heavy (non-hydrogen) atoms. The van der Waals surface area contributed by atoms with Gasteiger partial charge in [-0.25, -0.2) is 5.26 Å². The number of ether oxygens (including phenoxy) is 1. The summed E-state index contributed by atoms with van der Waals surface area (Å²) in [4.78, 5) is 0. The lowest BCUT2D eigenvalue weighted by atomic mass is 9.48. The molecule has 126 valence electrons. The van der Waals surface area contributed by atoms with Gasteiger partial charge in [0.25, 0.3) is 6.71 Å². The van der Waals surface area contributed by atoms with Crippen molar-refractivity contribution < 1.29 is 14.0 Å². The Kier molecular flexibility index (Phi) is 4.44. The van der Waals surface area contributed by atoms with Gasteiger partial charge in [0, 0.05) is 11.4 Å². The lowest BCUT2D eigenvalue weighted by molar-refractivity contribution is 0.00578. The zero-order valence-corrected chi connectivity index (χ0v) is 15.3. The molecule has 6 heteroatoms. The molecule has 1 aromatic carbocycles. The minimum absolute atomic E-state index is 0.0430. The normalized spacial score (nSPS) is 24.0. The molecule has 0 bridgehead atoms. The third-order valence-electron chi connectivity index (χ3n) is 5.59. The molecule has 3 rings (SSSR count). The zero-order chi connectivity index (χ0) is 17.5. The number of fused-ring (bicyclic) bond motifs is 1. The second kappa shape index (κ2) is 6.13. The van der Waals surface area contributed by atoms with Gasteiger partial charge in [0.05, 0.1) is 17.8 Å². The molecule has 1 aromatic rings. The molecule has 0 spiro atoms. The molecule has 1 atom stereocenters. The first-order chi connectivity index (χ1) is 11.2. The highest BCUT2D eigenvalue weighted by molar-refractivity contribution is 6.65. The molecular weight excluding hydrogens is 300 g/mol. The highest BCUT2D eigenvalue weighted by Crippen LogP contribution is 2.40. The molecule has 1 unspecified atom stereocenters. The van der Waals surface area contributed by atoms with Crippen molar-refractivity contribution in [2.24, 2.45) is 0 Å². The average molecular weight is 325 g/mol. The van der Waals surface area contributed by atoms with E-state index in [0.29, 0.717) is 12.5 Å². The molecule has 0 aromatic heterocycles. The van der Waals surface area contributed by atoms with Gasteiger partial charge in [-0.15, -0.1) is 0 Å². The van der Waals surface area contributed by atoms with Gasteiger partial charge in [-0.3, -0.25) is 0 Å². The summed E-state index contributed by atoms with van der Waals surface area (Å²) in [6, 6.07) is 6.17. The van der Waals surface area contributed by atoms with Gasteiger partial charge in [-0.1, -0.05) is 31.3 Å². The van der Waals surface area contributed by atoms with Crippen LogP contribution in [0.2, 0.25) is 13.1 Å². The van der Waals surface area contributed by atoms with Crippen LogP contribution in [-0.2, 0) is 9.31 Å². The maximum Gasteiger partial charge on any atom is 0.498 e. The fourth-order valence-electron chi connectivity index (χ4n) is 3.40. The van der Waals surface area contributed by atoms with E-state index in [4.69, 9.17) is 19.3 Å². The summed E-state index contributed by atoms with van der Waals surface area (Å²) >= 11 is 0. The summed E-state index contributed by atoms with van der Waals surface area (Å²) in [6.45, 7) is 10.9. The van der Waals surface area contributed by atoms with Crippen LogP contribution in [0, 0.1) is 11.2 Å². The predicted octanol–water partition coefficient (Wildman–Crippen LogP) is 3.04. The van der Waals surface area contributed by atoms with E-state index in [1.807, 2.05) is 19.0 Å². The van der Waals surface area contributed by atoms with Crippen LogP contribution in [0.25, 0.3) is 0 Å². The molecule has 2 aliphatic heterocycles. The molecule has 4 nitrogen and oxygen atoms in total. The Morgan fingerprint density at radius 3 is 2.54 bits per heavy atom. The first-order valence-corrected chi connectivity index (χ1v) is 8.76. The smallest absolute Gasteiger partial charge is 0.494 e. The van der Waals surface area contributed by atoms with Crippen molar-refractivity contribution in [3.63, 3.8) is 0 Å². The van der Waals surface area contributed by atoms with E-state index in [1.54, 1.807) is 0 Å². The number of rotatable bonds is 3. The van der Waals surface area contributed by atoms with Crippen molar-refractivity contribution in [3.05, 3.63) is 23.8 Å². The topological polar surface area (TPSA) is 51.5 Å². The van der Waals surface area contributed by atoms with E-state index < -0.39 is 7.12 Å². The molecule has 1 fully saturated rings. The number of benzene rings is 1. The van der Waals surface area contributed by atoms with Crippen LogP contribution in [0.1, 0.15) is 45.6 Å². The van der Waals surface area contributed by atoms with Gasteiger partial charge < -0.3 is 14.0 Å². The lowest BCUT2D eigenvalue weighted by Gasteiger charge is -2.32. The highest BCUT2D eigenvalue weighted by atomic mass is 16.7. The predicted molar refractivity (Wildman–Crippen MR) is 97.0 cm³/mol. The van der Waals surface area contributed by atoms with Crippen LogP contribution in [-0.4, -0.2) is 31.6 Å². The largest absolute Gasteiger partial charge is 0.498 e. The summed E-state index contributed by atoms with van der Waals surface area (Å²) in [5.41, 5.74) is 1.39. The maximum atomic E-state index is 9.13. The van der Waals surface area contributed by atoms with E-state index >= 15 is 0 Å². The minimum atomic E-state index is -0.419. The Labute approximate surface area is 145 Å². The van der Waals surface area contributed by atoms with Crippen LogP contribution in [0.4, 0.5) is 0 Å². The standard InChI is InChI=1S/C18H25B2NO3/c1-17(2)18(3,4)24-20(23-17)15-8-6-7-14-13(11-19(5)12-21)9-10-22-16(14)15/h6-8,13H,9-11H2,1-5H3. The highest BCUT2D eigenvalue weighted by Gasteiger charge is 2.52. The molecule has 2 aliphatic rings. The lowest BCUT2D eigenvalue weighted by Crippen LogP contribution is -2.41. The number of hydrogen-bond donors (Lipinski definition) is 0. The van der Waals surface area contributed by atoms with Crippen molar-refractivity contribution in [2.75, 3.05) is 6.61 Å². The van der Waals surface area contributed by atoms with Crippen LogP contribution in [0.3, 0.4) is 0 Å². The molecule has 0 amide bonds. The third-order valence-corrected chi connectivity index (χ3v) is 5.59. The van der Waals surface area contributed by atoms with Gasteiger partial charge >= 0.3 is 7.12 Å². The van der Waals surface area contributed by atoms with Gasteiger partial charge in [-0.2, -0.15) is 0 Å². The van der Waals surface area contributed by atoms with E-state index in [1.165, 1.54) is 5.56 Å². The first-order valence-electron chi connectivity index (χ1n) is 8.76. The van der Waals surface area contributed by atoms with Gasteiger partial charge in [0.15, 0.2) is 0 Å². The molecule has 0 saturated carbocycles. The zero-order valence-electron chi connectivity index (χ0n) is 15.3. The van der Waals surface area contributed by atoms with Gasteiger partial charge in [0.2, 0.25) is 0 Å². The second-order valence-electron chi connectivity index (χ2n) is 7.95. The fourth-order valence-corrected chi connectivity index (χ4v) is 3.40. The molecule has 0 radical (unpaired) electrons. The van der Waals surface area contributed by atoms with Crippen molar-refractivity contribution in [1.29, 1.82) is 5.26 Å². The van der Waals surface area contributed by atoms with Crippen molar-refractivity contribution >= 4 is 19.3 Å². The number of para-hydroxylation sites is 1. The van der Waals surface area contributed by atoms with Crippen LogP contribution < -0.4 is 10.2 Å². The Hall–Kier alpha value is -1.44. The van der Waals surface area contributed by atoms with Gasteiger partial charge in [0.1, 0.15) is 5.75 Å². The maximum absolute atomic E-state index is 9.13. The van der Waals surface area contributed by atoms with Gasteiger partial charge in [-0.05, 0) is 45.6 Å². The number of nitriles is 1. The monoisotopic (exact) mass is 325 g/mol. The summed E-state index contributed by atoms with van der Waals surface area (Å²) < 4.78 is 18.4. The summed E-state index contributed by atoms with van der Waals surface area (Å²) in [6.07, 6.45) is 1.81. The van der Waals surface area contributed by atoms with Crippen molar-refractivity contribution in [3.8, 4) is 11.7 Å². The molecule has 0 N–H and O–H groups in total. The first kappa shape index (κ1) is 17.4. The minimum Gasteiger partial charge on any atom is -0.494 e. The quantitative estimate of drug-likeness (QED) is 0.802. The Morgan fingerprint density at radius 2 is 1.92 bits per heavy atom. The summed E-state index contributed by atoms with van der Waals surface area (Å²) in [7, 11) is -0.419. The van der Waals surface area contributed by atoms with Crippen LogP contribution in [0.5, 0.6) is 5.75 Å². The summed E-state index contributed by atoms with van der Waals surface area (Å²) in [5, 5.41) is 9.13. The third kappa shape index (κ3) is 2.96. The SMILES string of the molecule is CB(C#N)CC1CCOc2c(B3OC(C)(C)C(C)(C)O3)cccc21.